The number of rotatable bonds is 6. The largest absolute Gasteiger partial charge is 0.492 e. The van der Waals surface area contributed by atoms with Crippen molar-refractivity contribution >= 4 is 11.7 Å². The van der Waals surface area contributed by atoms with E-state index in [4.69, 9.17) is 4.74 Å². The van der Waals surface area contributed by atoms with Crippen LogP contribution in [-0.4, -0.2) is 25.7 Å². The molecule has 116 valence electrons. The third-order valence-electron chi connectivity index (χ3n) is 3.09. The summed E-state index contributed by atoms with van der Waals surface area (Å²) in [6.07, 6.45) is 0. The zero-order chi connectivity index (χ0) is 15.8. The Kier molecular flexibility index (Phi) is 5.77. The van der Waals surface area contributed by atoms with Crippen LogP contribution in [0.1, 0.15) is 6.92 Å². The zero-order valence-electron chi connectivity index (χ0n) is 12.5. The van der Waals surface area contributed by atoms with Crippen LogP contribution in [0.3, 0.4) is 0 Å². The number of urea groups is 1. The number of benzene rings is 2. The van der Waals surface area contributed by atoms with Crippen molar-refractivity contribution in [1.82, 2.24) is 5.32 Å². The first-order chi connectivity index (χ1) is 10.7. The number of amides is 2. The molecule has 2 aromatic carbocycles. The van der Waals surface area contributed by atoms with Gasteiger partial charge in [0.15, 0.2) is 0 Å². The van der Waals surface area contributed by atoms with Gasteiger partial charge in [0.2, 0.25) is 0 Å². The van der Waals surface area contributed by atoms with Crippen molar-refractivity contribution < 1.29 is 13.9 Å². The number of anilines is 1. The number of nitrogens with zero attached hydrogens (tertiary/aromatic N) is 1. The predicted molar refractivity (Wildman–Crippen MR) is 84.8 cm³/mol. The topological polar surface area (TPSA) is 41.6 Å². The molecule has 0 aliphatic rings. The van der Waals surface area contributed by atoms with Crippen molar-refractivity contribution in [3.8, 4) is 5.75 Å². The lowest BCUT2D eigenvalue weighted by molar-refractivity contribution is 0.242. The van der Waals surface area contributed by atoms with E-state index in [0.717, 1.165) is 5.69 Å². The number of nitrogens with one attached hydrogen (secondary N) is 1. The Morgan fingerprint density at radius 2 is 1.82 bits per heavy atom. The summed E-state index contributed by atoms with van der Waals surface area (Å²) in [6.45, 7) is 3.19. The summed E-state index contributed by atoms with van der Waals surface area (Å²) in [5.74, 6) is 0.271. The van der Waals surface area contributed by atoms with Gasteiger partial charge < -0.3 is 10.1 Å². The minimum absolute atomic E-state index is 0.170. The summed E-state index contributed by atoms with van der Waals surface area (Å²) in [7, 11) is 0. The molecule has 2 rings (SSSR count). The summed E-state index contributed by atoms with van der Waals surface area (Å²) < 4.78 is 18.2. The number of ether oxygens (including phenoxy) is 1. The molecule has 2 aromatic rings. The minimum atomic E-state index is -0.304. The number of carbonyl (C=O) groups excluding carboxylic acids is 1. The highest BCUT2D eigenvalue weighted by Gasteiger charge is 2.12. The van der Waals surface area contributed by atoms with E-state index in [1.54, 1.807) is 17.0 Å². The molecule has 0 saturated heterocycles. The van der Waals surface area contributed by atoms with E-state index in [1.165, 1.54) is 12.1 Å². The minimum Gasteiger partial charge on any atom is -0.492 e. The maximum absolute atomic E-state index is 12.8. The van der Waals surface area contributed by atoms with Crippen molar-refractivity contribution in [1.29, 1.82) is 0 Å². The smallest absolute Gasteiger partial charge is 0.321 e. The van der Waals surface area contributed by atoms with Crippen LogP contribution in [0.25, 0.3) is 0 Å². The van der Waals surface area contributed by atoms with Gasteiger partial charge in [0.25, 0.3) is 0 Å². The Balaban J connectivity index is 1.78. The molecule has 0 aromatic heterocycles. The van der Waals surface area contributed by atoms with E-state index < -0.39 is 0 Å². The van der Waals surface area contributed by atoms with Crippen molar-refractivity contribution in [2.45, 2.75) is 6.92 Å². The van der Waals surface area contributed by atoms with Gasteiger partial charge in [-0.05, 0) is 43.3 Å². The van der Waals surface area contributed by atoms with E-state index in [1.807, 2.05) is 37.3 Å². The molecule has 0 heterocycles. The second-order valence-electron chi connectivity index (χ2n) is 4.61. The van der Waals surface area contributed by atoms with Crippen LogP contribution in [0, 0.1) is 5.82 Å². The average molecular weight is 302 g/mol. The third kappa shape index (κ3) is 4.48. The summed E-state index contributed by atoms with van der Waals surface area (Å²) in [6, 6.07) is 15.1. The number of halogens is 1. The summed E-state index contributed by atoms with van der Waals surface area (Å²) >= 11 is 0. The lowest BCUT2D eigenvalue weighted by Crippen LogP contribution is -2.41. The quantitative estimate of drug-likeness (QED) is 0.831. The van der Waals surface area contributed by atoms with Gasteiger partial charge >= 0.3 is 6.03 Å². The van der Waals surface area contributed by atoms with Crippen molar-refractivity contribution in [2.24, 2.45) is 0 Å². The molecular formula is C17H19FN2O2. The SMILES string of the molecule is CCN(C(=O)NCCOc1ccc(F)cc1)c1ccccc1. The number of hydrogen-bond acceptors (Lipinski definition) is 2. The molecule has 0 saturated carbocycles. The summed E-state index contributed by atoms with van der Waals surface area (Å²) in [5.41, 5.74) is 0.849. The molecule has 0 spiro atoms. The third-order valence-corrected chi connectivity index (χ3v) is 3.09. The normalized spacial score (nSPS) is 10.1. The van der Waals surface area contributed by atoms with Gasteiger partial charge in [0.1, 0.15) is 18.2 Å². The molecule has 0 aliphatic carbocycles. The van der Waals surface area contributed by atoms with Crippen LogP contribution >= 0.6 is 0 Å². The average Bonchev–Trinajstić information content (AvgIpc) is 2.55. The van der Waals surface area contributed by atoms with Gasteiger partial charge in [-0.3, -0.25) is 4.90 Å². The molecule has 0 aliphatic heterocycles. The lowest BCUT2D eigenvalue weighted by atomic mass is 10.3. The highest BCUT2D eigenvalue weighted by atomic mass is 19.1. The Morgan fingerprint density at radius 3 is 2.45 bits per heavy atom. The molecule has 4 nitrogen and oxygen atoms in total. The van der Waals surface area contributed by atoms with Gasteiger partial charge in [-0.2, -0.15) is 0 Å². The van der Waals surface area contributed by atoms with Crippen LogP contribution in [0.2, 0.25) is 0 Å². The molecule has 0 radical (unpaired) electrons. The van der Waals surface area contributed by atoms with Crippen LogP contribution in [0.4, 0.5) is 14.9 Å². The van der Waals surface area contributed by atoms with Crippen LogP contribution < -0.4 is 15.0 Å². The summed E-state index contributed by atoms with van der Waals surface area (Å²) in [4.78, 5) is 13.8. The highest BCUT2D eigenvalue weighted by molar-refractivity contribution is 5.91. The Labute approximate surface area is 129 Å². The highest BCUT2D eigenvalue weighted by Crippen LogP contribution is 2.13. The number of carbonyl (C=O) groups is 1. The number of hydrogen-bond donors (Lipinski definition) is 1. The molecule has 5 heteroatoms. The monoisotopic (exact) mass is 302 g/mol. The van der Waals surface area contributed by atoms with Crippen LogP contribution in [0.5, 0.6) is 5.75 Å². The van der Waals surface area contributed by atoms with E-state index >= 15 is 0 Å². The van der Waals surface area contributed by atoms with Crippen molar-refractivity contribution in [3.05, 3.63) is 60.4 Å². The second-order valence-corrected chi connectivity index (χ2v) is 4.61. The first kappa shape index (κ1) is 15.8. The van der Waals surface area contributed by atoms with Gasteiger partial charge in [0, 0.05) is 12.2 Å². The molecule has 22 heavy (non-hydrogen) atoms. The molecule has 2 amide bonds. The van der Waals surface area contributed by atoms with Crippen LogP contribution in [-0.2, 0) is 0 Å². The second kappa shape index (κ2) is 8.02. The summed E-state index contributed by atoms with van der Waals surface area (Å²) in [5, 5.41) is 2.80. The Morgan fingerprint density at radius 1 is 1.14 bits per heavy atom. The first-order valence-corrected chi connectivity index (χ1v) is 7.19. The van der Waals surface area contributed by atoms with Crippen LogP contribution in [0.15, 0.2) is 54.6 Å². The standard InChI is InChI=1S/C17H19FN2O2/c1-2-20(15-6-4-3-5-7-15)17(21)19-12-13-22-16-10-8-14(18)9-11-16/h3-11H,2,12-13H2,1H3,(H,19,21). The Hall–Kier alpha value is -2.56. The van der Waals surface area contributed by atoms with E-state index in [0.29, 0.717) is 25.4 Å². The van der Waals surface area contributed by atoms with Gasteiger partial charge in [0.05, 0.1) is 6.54 Å². The maximum atomic E-state index is 12.8. The first-order valence-electron chi connectivity index (χ1n) is 7.19. The molecular weight excluding hydrogens is 283 g/mol. The van der Waals surface area contributed by atoms with E-state index in [9.17, 15) is 9.18 Å². The fourth-order valence-corrected chi connectivity index (χ4v) is 2.00. The van der Waals surface area contributed by atoms with Crippen molar-refractivity contribution in [3.63, 3.8) is 0 Å². The van der Waals surface area contributed by atoms with Gasteiger partial charge in [-0.15, -0.1) is 0 Å². The van der Waals surface area contributed by atoms with E-state index in [2.05, 4.69) is 5.32 Å². The molecule has 0 bridgehead atoms. The maximum Gasteiger partial charge on any atom is 0.321 e. The van der Waals surface area contributed by atoms with Gasteiger partial charge in [-0.25, -0.2) is 9.18 Å². The lowest BCUT2D eigenvalue weighted by Gasteiger charge is -2.21. The van der Waals surface area contributed by atoms with Crippen molar-refractivity contribution in [2.75, 3.05) is 24.6 Å². The predicted octanol–water partition coefficient (Wildman–Crippen LogP) is 3.44. The molecule has 0 fully saturated rings. The molecule has 1 N–H and O–H groups in total. The zero-order valence-corrected chi connectivity index (χ0v) is 12.5. The fourth-order valence-electron chi connectivity index (χ4n) is 2.00. The molecule has 0 atom stereocenters. The fraction of sp³-hybridized carbons (Fsp3) is 0.235. The Bertz CT molecular complexity index is 587. The van der Waals surface area contributed by atoms with E-state index in [-0.39, 0.29) is 11.8 Å². The molecule has 0 unspecified atom stereocenters. The number of para-hydroxylation sites is 1. The van der Waals surface area contributed by atoms with Gasteiger partial charge in [-0.1, -0.05) is 18.2 Å².